The maximum absolute atomic E-state index is 10.7. The highest BCUT2D eigenvalue weighted by Gasteiger charge is 2.38. The van der Waals surface area contributed by atoms with Gasteiger partial charge >= 0.3 is 0 Å². The van der Waals surface area contributed by atoms with Crippen LogP contribution in [0.2, 0.25) is 10.0 Å². The van der Waals surface area contributed by atoms with E-state index in [0.717, 1.165) is 12.8 Å². The summed E-state index contributed by atoms with van der Waals surface area (Å²) < 4.78 is 0. The van der Waals surface area contributed by atoms with Gasteiger partial charge in [-0.25, -0.2) is 0 Å². The number of likely N-dealkylation sites (N-methyl/N-ethyl adjacent to an activating group) is 1. The summed E-state index contributed by atoms with van der Waals surface area (Å²) in [6.45, 7) is 4.15. The second-order valence-electron chi connectivity index (χ2n) is 4.77. The van der Waals surface area contributed by atoms with Crippen molar-refractivity contribution in [1.82, 2.24) is 4.90 Å². The number of aliphatic hydroxyl groups is 1. The van der Waals surface area contributed by atoms with Gasteiger partial charge in [0.05, 0.1) is 11.6 Å². The summed E-state index contributed by atoms with van der Waals surface area (Å²) in [5.41, 5.74) is 0.371. The van der Waals surface area contributed by atoms with Crippen molar-refractivity contribution >= 4 is 23.2 Å². The Balaban J connectivity index is 3.25. The summed E-state index contributed by atoms with van der Waals surface area (Å²) in [7, 11) is 3.96. The molecule has 0 spiro atoms. The van der Waals surface area contributed by atoms with Crippen molar-refractivity contribution in [3.05, 3.63) is 33.8 Å². The third kappa shape index (κ3) is 2.83. The van der Waals surface area contributed by atoms with Gasteiger partial charge in [-0.05, 0) is 45.1 Å². The third-order valence-electron chi connectivity index (χ3n) is 3.88. The van der Waals surface area contributed by atoms with Crippen LogP contribution in [-0.4, -0.2) is 29.6 Å². The highest BCUT2D eigenvalue weighted by atomic mass is 35.5. The van der Waals surface area contributed by atoms with Crippen LogP contribution in [0.4, 0.5) is 0 Å². The molecule has 0 heterocycles. The molecule has 1 aromatic rings. The first kappa shape index (κ1) is 15.8. The number of halogens is 2. The van der Waals surface area contributed by atoms with E-state index in [9.17, 15) is 5.11 Å². The van der Waals surface area contributed by atoms with Crippen molar-refractivity contribution in [2.45, 2.75) is 38.3 Å². The molecule has 1 atom stereocenters. The number of hydrogen-bond donors (Lipinski definition) is 1. The first-order chi connectivity index (χ1) is 8.39. The van der Waals surface area contributed by atoms with Crippen molar-refractivity contribution in [3.63, 3.8) is 0 Å². The molecule has 1 unspecified atom stereocenters. The highest BCUT2D eigenvalue weighted by Crippen LogP contribution is 2.39. The van der Waals surface area contributed by atoms with Gasteiger partial charge in [-0.3, -0.25) is 0 Å². The van der Waals surface area contributed by atoms with Crippen LogP contribution in [0, 0.1) is 0 Å². The summed E-state index contributed by atoms with van der Waals surface area (Å²) in [5.74, 6) is 0. The zero-order valence-electron chi connectivity index (χ0n) is 11.4. The van der Waals surface area contributed by atoms with Crippen LogP contribution < -0.4 is 0 Å². The number of rotatable bonds is 5. The van der Waals surface area contributed by atoms with Gasteiger partial charge in [-0.15, -0.1) is 0 Å². The fourth-order valence-electron chi connectivity index (χ4n) is 2.53. The Kier molecular flexibility index (Phi) is 5.47. The largest absolute Gasteiger partial charge is 0.386 e. The molecule has 1 N–H and O–H groups in total. The average Bonchev–Trinajstić information content (AvgIpc) is 2.34. The zero-order valence-corrected chi connectivity index (χ0v) is 12.9. The Morgan fingerprint density at radius 1 is 1.22 bits per heavy atom. The molecule has 0 fully saturated rings. The van der Waals surface area contributed by atoms with Crippen LogP contribution in [0.25, 0.3) is 0 Å². The molecular formula is C14H21Cl2NO. The highest BCUT2D eigenvalue weighted by molar-refractivity contribution is 6.33. The Morgan fingerprint density at radius 3 is 2.22 bits per heavy atom. The molecule has 1 aromatic carbocycles. The lowest BCUT2D eigenvalue weighted by molar-refractivity contribution is -0.0149. The topological polar surface area (TPSA) is 23.5 Å². The number of nitrogens with zero attached hydrogens (tertiary/aromatic N) is 1. The smallest absolute Gasteiger partial charge is 0.0988 e. The number of aliphatic hydroxyl groups excluding tert-OH is 1. The molecule has 0 aromatic heterocycles. The minimum Gasteiger partial charge on any atom is -0.386 e. The van der Waals surface area contributed by atoms with E-state index in [1.165, 1.54) is 0 Å². The molecule has 4 heteroatoms. The van der Waals surface area contributed by atoms with E-state index < -0.39 is 6.10 Å². The molecule has 0 bridgehead atoms. The van der Waals surface area contributed by atoms with E-state index in [4.69, 9.17) is 23.2 Å². The summed E-state index contributed by atoms with van der Waals surface area (Å²) in [4.78, 5) is 2.06. The fourth-order valence-corrected chi connectivity index (χ4v) is 2.93. The lowest BCUT2D eigenvalue weighted by atomic mass is 9.81. The Morgan fingerprint density at radius 2 is 1.78 bits per heavy atom. The average molecular weight is 290 g/mol. The molecule has 0 radical (unpaired) electrons. The van der Waals surface area contributed by atoms with Crippen LogP contribution >= 0.6 is 23.2 Å². The standard InChI is InChI=1S/C14H21Cl2NO/c1-5-14(6-2,17(3)4)13(18)11-9-10(15)7-8-12(11)16/h7-9,13,18H,5-6H2,1-4H3. The lowest BCUT2D eigenvalue weighted by Gasteiger charge is -2.43. The van der Waals surface area contributed by atoms with Crippen LogP contribution in [0.1, 0.15) is 38.4 Å². The molecule has 0 aliphatic heterocycles. The van der Waals surface area contributed by atoms with Crippen LogP contribution in [0.3, 0.4) is 0 Å². The van der Waals surface area contributed by atoms with E-state index >= 15 is 0 Å². The SMILES string of the molecule is CCC(CC)(C(O)c1cc(Cl)ccc1Cl)N(C)C. The second kappa shape index (κ2) is 6.25. The van der Waals surface area contributed by atoms with Crippen molar-refractivity contribution in [2.75, 3.05) is 14.1 Å². The minimum absolute atomic E-state index is 0.325. The van der Waals surface area contributed by atoms with Crippen LogP contribution in [-0.2, 0) is 0 Å². The first-order valence-electron chi connectivity index (χ1n) is 6.19. The number of hydrogen-bond acceptors (Lipinski definition) is 2. The summed E-state index contributed by atoms with van der Waals surface area (Å²) in [6, 6.07) is 5.21. The monoisotopic (exact) mass is 289 g/mol. The van der Waals surface area contributed by atoms with Crippen molar-refractivity contribution < 1.29 is 5.11 Å². The quantitative estimate of drug-likeness (QED) is 0.880. The van der Waals surface area contributed by atoms with E-state index in [0.29, 0.717) is 15.6 Å². The first-order valence-corrected chi connectivity index (χ1v) is 6.95. The van der Waals surface area contributed by atoms with Gasteiger partial charge in [-0.1, -0.05) is 37.0 Å². The van der Waals surface area contributed by atoms with Gasteiger partial charge < -0.3 is 10.0 Å². The van der Waals surface area contributed by atoms with E-state index in [1.54, 1.807) is 18.2 Å². The van der Waals surface area contributed by atoms with Gasteiger partial charge in [0, 0.05) is 15.6 Å². The molecule has 102 valence electrons. The molecule has 0 amide bonds. The van der Waals surface area contributed by atoms with Crippen molar-refractivity contribution in [2.24, 2.45) is 0 Å². The maximum atomic E-state index is 10.7. The maximum Gasteiger partial charge on any atom is 0.0988 e. The van der Waals surface area contributed by atoms with E-state index in [-0.39, 0.29) is 5.54 Å². The summed E-state index contributed by atoms with van der Waals surface area (Å²) in [6.07, 6.45) is 1.01. The second-order valence-corrected chi connectivity index (χ2v) is 5.62. The van der Waals surface area contributed by atoms with Gasteiger partial charge in [0.15, 0.2) is 0 Å². The van der Waals surface area contributed by atoms with Crippen molar-refractivity contribution in [1.29, 1.82) is 0 Å². The summed E-state index contributed by atoms with van der Waals surface area (Å²) in [5, 5.41) is 11.9. The van der Waals surface area contributed by atoms with Crippen molar-refractivity contribution in [3.8, 4) is 0 Å². The molecule has 0 saturated heterocycles. The minimum atomic E-state index is -0.659. The van der Waals surface area contributed by atoms with Gasteiger partial charge in [0.25, 0.3) is 0 Å². The Bertz CT molecular complexity index is 403. The number of benzene rings is 1. The molecule has 2 nitrogen and oxygen atoms in total. The molecule has 0 aliphatic carbocycles. The van der Waals surface area contributed by atoms with E-state index in [2.05, 4.69) is 18.7 Å². The third-order valence-corrected chi connectivity index (χ3v) is 4.46. The zero-order chi connectivity index (χ0) is 13.9. The molecule has 18 heavy (non-hydrogen) atoms. The lowest BCUT2D eigenvalue weighted by Crippen LogP contribution is -2.48. The molecule has 1 rings (SSSR count). The van der Waals surface area contributed by atoms with Crippen LogP contribution in [0.15, 0.2) is 18.2 Å². The summed E-state index contributed by atoms with van der Waals surface area (Å²) >= 11 is 12.2. The predicted octanol–water partition coefficient (Wildman–Crippen LogP) is 4.15. The Labute approximate surface area is 120 Å². The van der Waals surface area contributed by atoms with Gasteiger partial charge in [-0.2, -0.15) is 0 Å². The van der Waals surface area contributed by atoms with E-state index in [1.807, 2.05) is 14.1 Å². The molecule has 0 aliphatic rings. The van der Waals surface area contributed by atoms with Gasteiger partial charge in [0.1, 0.15) is 0 Å². The van der Waals surface area contributed by atoms with Crippen LogP contribution in [0.5, 0.6) is 0 Å². The molecular weight excluding hydrogens is 269 g/mol. The molecule has 0 saturated carbocycles. The normalized spacial score (nSPS) is 14.0. The van der Waals surface area contributed by atoms with Gasteiger partial charge in [0.2, 0.25) is 0 Å². The fraction of sp³-hybridized carbons (Fsp3) is 0.571. The predicted molar refractivity (Wildman–Crippen MR) is 78.4 cm³/mol. The Hall–Kier alpha value is -0.280.